The Kier molecular flexibility index (Phi) is 3.24. The zero-order valence-corrected chi connectivity index (χ0v) is 9.99. The van der Waals surface area contributed by atoms with E-state index in [-0.39, 0.29) is 11.2 Å². The Morgan fingerprint density at radius 3 is 2.69 bits per heavy atom. The molecule has 1 saturated heterocycles. The van der Waals surface area contributed by atoms with Crippen LogP contribution in [0.3, 0.4) is 0 Å². The molecule has 0 saturated carbocycles. The van der Waals surface area contributed by atoms with Crippen LogP contribution in [0, 0.1) is 5.92 Å². The quantitative estimate of drug-likeness (QED) is 0.852. The number of carbonyl (C=O) groups excluding carboxylic acids is 1. The van der Waals surface area contributed by atoms with Crippen molar-refractivity contribution in [2.45, 2.75) is 19.1 Å². The van der Waals surface area contributed by atoms with Gasteiger partial charge in [0.25, 0.3) is 0 Å². The number of rotatable bonds is 2. The molecule has 2 rings (SSSR count). The summed E-state index contributed by atoms with van der Waals surface area (Å²) in [5, 5.41) is 3.44. The van der Waals surface area contributed by atoms with Gasteiger partial charge >= 0.3 is 0 Å². The first kappa shape index (κ1) is 11.1. The molecule has 1 aromatic heterocycles. The Bertz CT molecular complexity index is 416. The number of hydrogen-bond donors (Lipinski definition) is 1. The van der Waals surface area contributed by atoms with Gasteiger partial charge in [-0.15, -0.1) is 0 Å². The maximum Gasteiger partial charge on any atom is 0.239 e. The fraction of sp³-hybridized carbons (Fsp3) is 0.364. The first-order chi connectivity index (χ1) is 7.66. The van der Waals surface area contributed by atoms with Gasteiger partial charge in [0, 0.05) is 12.4 Å². The molecule has 4 nitrogen and oxygen atoms in total. The summed E-state index contributed by atoms with van der Waals surface area (Å²) in [6, 6.07) is 3.62. The second-order valence-electron chi connectivity index (χ2n) is 3.89. The van der Waals surface area contributed by atoms with Crippen LogP contribution in [0.4, 0.5) is 5.69 Å². The van der Waals surface area contributed by atoms with Gasteiger partial charge in [0.05, 0.1) is 10.9 Å². The molecule has 5 heteroatoms. The van der Waals surface area contributed by atoms with Gasteiger partial charge in [-0.3, -0.25) is 9.78 Å². The van der Waals surface area contributed by atoms with Crippen molar-refractivity contribution in [1.29, 1.82) is 0 Å². The van der Waals surface area contributed by atoms with Crippen molar-refractivity contribution >= 4 is 28.5 Å². The van der Waals surface area contributed by atoms with E-state index < -0.39 is 0 Å². The van der Waals surface area contributed by atoms with Crippen LogP contribution in [0.2, 0.25) is 0 Å². The van der Waals surface area contributed by atoms with Gasteiger partial charge in [-0.1, -0.05) is 25.6 Å². The van der Waals surface area contributed by atoms with Crippen LogP contribution in [0.1, 0.15) is 13.8 Å². The number of amidine groups is 1. The molecule has 0 aromatic carbocycles. The van der Waals surface area contributed by atoms with E-state index in [1.807, 2.05) is 26.0 Å². The number of aliphatic imine (C=N–C) groups is 1. The van der Waals surface area contributed by atoms with Gasteiger partial charge in [-0.2, -0.15) is 0 Å². The molecule has 1 aliphatic heterocycles. The molecule has 0 bridgehead atoms. The lowest BCUT2D eigenvalue weighted by atomic mass is 10.1. The monoisotopic (exact) mass is 235 g/mol. The lowest BCUT2D eigenvalue weighted by molar-refractivity contribution is -0.119. The maximum absolute atomic E-state index is 11.6. The van der Waals surface area contributed by atoms with E-state index in [9.17, 15) is 4.79 Å². The van der Waals surface area contributed by atoms with Gasteiger partial charge in [-0.05, 0) is 18.1 Å². The standard InChI is InChI=1S/C11H13N3OS/c1-7(2)9-10(15)14-11(16-9)13-8-3-5-12-6-4-8/h3-7,9H,1-2H3,(H,12,13,14,15). The van der Waals surface area contributed by atoms with Crippen LogP contribution in [0.15, 0.2) is 29.5 Å². The summed E-state index contributed by atoms with van der Waals surface area (Å²) in [7, 11) is 0. The minimum atomic E-state index is -0.0272. The minimum absolute atomic E-state index is 0.0272. The van der Waals surface area contributed by atoms with Crippen molar-refractivity contribution in [2.75, 3.05) is 0 Å². The number of amides is 1. The van der Waals surface area contributed by atoms with E-state index in [2.05, 4.69) is 15.3 Å². The molecular formula is C11H13N3OS. The van der Waals surface area contributed by atoms with Crippen molar-refractivity contribution in [2.24, 2.45) is 10.9 Å². The van der Waals surface area contributed by atoms with E-state index in [0.717, 1.165) is 5.69 Å². The van der Waals surface area contributed by atoms with Crippen LogP contribution in [-0.2, 0) is 4.79 Å². The second kappa shape index (κ2) is 4.65. The SMILES string of the molecule is CC(C)C1SC(=Nc2ccncc2)NC1=O. The van der Waals surface area contributed by atoms with Crippen LogP contribution in [-0.4, -0.2) is 21.3 Å². The van der Waals surface area contributed by atoms with Gasteiger partial charge < -0.3 is 5.32 Å². The molecule has 0 radical (unpaired) electrons. The van der Waals surface area contributed by atoms with Crippen molar-refractivity contribution < 1.29 is 4.79 Å². The van der Waals surface area contributed by atoms with Crippen molar-refractivity contribution in [1.82, 2.24) is 10.3 Å². The summed E-state index contributed by atoms with van der Waals surface area (Å²) < 4.78 is 0. The predicted molar refractivity (Wildman–Crippen MR) is 65.7 cm³/mol. The van der Waals surface area contributed by atoms with Crippen molar-refractivity contribution in [3.63, 3.8) is 0 Å². The molecule has 1 fully saturated rings. The van der Waals surface area contributed by atoms with Gasteiger partial charge in [0.15, 0.2) is 5.17 Å². The number of nitrogens with zero attached hydrogens (tertiary/aromatic N) is 2. The van der Waals surface area contributed by atoms with Crippen LogP contribution >= 0.6 is 11.8 Å². The Hall–Kier alpha value is -1.36. The highest BCUT2D eigenvalue weighted by Crippen LogP contribution is 2.27. The second-order valence-corrected chi connectivity index (χ2v) is 5.02. The molecule has 84 valence electrons. The number of carbonyl (C=O) groups is 1. The summed E-state index contributed by atoms with van der Waals surface area (Å²) in [5.74, 6) is 0.364. The normalized spacial score (nSPS) is 22.8. The summed E-state index contributed by atoms with van der Waals surface area (Å²) in [6.07, 6.45) is 3.36. The van der Waals surface area contributed by atoms with Gasteiger partial charge in [-0.25, -0.2) is 4.99 Å². The largest absolute Gasteiger partial charge is 0.304 e. The zero-order chi connectivity index (χ0) is 11.5. The van der Waals surface area contributed by atoms with Gasteiger partial charge in [0.2, 0.25) is 5.91 Å². The summed E-state index contributed by atoms with van der Waals surface area (Å²) in [6.45, 7) is 4.07. The van der Waals surface area contributed by atoms with Crippen LogP contribution in [0.5, 0.6) is 0 Å². The minimum Gasteiger partial charge on any atom is -0.304 e. The Morgan fingerprint density at radius 1 is 1.44 bits per heavy atom. The number of nitrogens with one attached hydrogen (secondary N) is 1. The topological polar surface area (TPSA) is 54.4 Å². The number of hydrogen-bond acceptors (Lipinski definition) is 4. The van der Waals surface area contributed by atoms with Crippen LogP contribution < -0.4 is 5.32 Å². The third-order valence-corrected chi connectivity index (χ3v) is 3.65. The molecule has 1 N–H and O–H groups in total. The first-order valence-electron chi connectivity index (χ1n) is 5.13. The summed E-state index contributed by atoms with van der Waals surface area (Å²) >= 11 is 1.49. The van der Waals surface area contributed by atoms with Crippen molar-refractivity contribution in [3.05, 3.63) is 24.5 Å². The number of aromatic nitrogens is 1. The molecule has 1 amide bonds. The third kappa shape index (κ3) is 2.41. The Balaban J connectivity index is 2.14. The molecule has 16 heavy (non-hydrogen) atoms. The predicted octanol–water partition coefficient (Wildman–Crippen LogP) is 1.96. The fourth-order valence-corrected chi connectivity index (χ4v) is 2.41. The molecular weight excluding hydrogens is 222 g/mol. The van der Waals surface area contributed by atoms with E-state index in [1.54, 1.807) is 12.4 Å². The van der Waals surface area contributed by atoms with Crippen molar-refractivity contribution in [3.8, 4) is 0 Å². The lowest BCUT2D eigenvalue weighted by Gasteiger charge is -2.07. The first-order valence-corrected chi connectivity index (χ1v) is 6.01. The summed E-state index contributed by atoms with van der Waals surface area (Å²) in [4.78, 5) is 19.9. The lowest BCUT2D eigenvalue weighted by Crippen LogP contribution is -2.27. The average molecular weight is 235 g/mol. The Morgan fingerprint density at radius 2 is 2.12 bits per heavy atom. The number of pyridine rings is 1. The molecule has 0 spiro atoms. The van der Waals surface area contributed by atoms with E-state index in [4.69, 9.17) is 0 Å². The highest BCUT2D eigenvalue weighted by atomic mass is 32.2. The molecule has 1 atom stereocenters. The van der Waals surface area contributed by atoms with E-state index in [0.29, 0.717) is 11.1 Å². The molecule has 2 heterocycles. The van der Waals surface area contributed by atoms with E-state index in [1.165, 1.54) is 11.8 Å². The smallest absolute Gasteiger partial charge is 0.239 e. The summed E-state index contributed by atoms with van der Waals surface area (Å²) in [5.41, 5.74) is 0.808. The van der Waals surface area contributed by atoms with Crippen LogP contribution in [0.25, 0.3) is 0 Å². The zero-order valence-electron chi connectivity index (χ0n) is 9.18. The Labute approximate surface area is 98.6 Å². The highest BCUT2D eigenvalue weighted by molar-refractivity contribution is 8.15. The molecule has 1 aromatic rings. The fourth-order valence-electron chi connectivity index (χ4n) is 1.41. The molecule has 1 aliphatic rings. The highest BCUT2D eigenvalue weighted by Gasteiger charge is 2.32. The molecule has 1 unspecified atom stereocenters. The molecule has 0 aliphatic carbocycles. The van der Waals surface area contributed by atoms with Gasteiger partial charge in [0.1, 0.15) is 0 Å². The maximum atomic E-state index is 11.6. The van der Waals surface area contributed by atoms with E-state index >= 15 is 0 Å². The third-order valence-electron chi connectivity index (χ3n) is 2.23. The average Bonchev–Trinajstić information content (AvgIpc) is 2.61. The number of thioether (sulfide) groups is 1.